The van der Waals surface area contributed by atoms with Gasteiger partial charge in [-0.25, -0.2) is 0 Å². The Balaban J connectivity index is 1.84. The van der Waals surface area contributed by atoms with Crippen LogP contribution in [0.2, 0.25) is 0 Å². The molecule has 0 aliphatic heterocycles. The number of fused-ring (bicyclic) bond motifs is 1. The van der Waals surface area contributed by atoms with Gasteiger partial charge in [-0.05, 0) is 25.1 Å². The smallest absolute Gasteiger partial charge is 0.271 e. The summed E-state index contributed by atoms with van der Waals surface area (Å²) in [4.78, 5) is 36.7. The van der Waals surface area contributed by atoms with E-state index in [0.717, 1.165) is 0 Å². The number of ether oxygens (including phenoxy) is 1. The van der Waals surface area contributed by atoms with Gasteiger partial charge in [-0.2, -0.15) is 0 Å². The first-order valence-corrected chi connectivity index (χ1v) is 9.66. The quantitative estimate of drug-likeness (QED) is 0.355. The van der Waals surface area contributed by atoms with Crippen molar-refractivity contribution in [2.75, 3.05) is 12.4 Å². The maximum atomic E-state index is 13.1. The summed E-state index contributed by atoms with van der Waals surface area (Å²) in [5.41, 5.74) is 1.07. The highest BCUT2D eigenvalue weighted by atomic mass is 16.6. The lowest BCUT2D eigenvalue weighted by Gasteiger charge is -2.12. The molecule has 0 radical (unpaired) electrons. The second kappa shape index (κ2) is 8.35. The molecule has 1 amide bonds. The number of nitrogens with zero attached hydrogens (tertiary/aromatic N) is 1. The number of methoxy groups -OCH3 is 1. The number of carbonyl (C=O) groups excluding carboxylic acids is 1. The molecule has 8 heteroatoms. The van der Waals surface area contributed by atoms with E-state index in [2.05, 4.69) is 5.32 Å². The number of nitro groups is 1. The average Bonchev–Trinajstić information content (AvgIpc) is 2.81. The fourth-order valence-corrected chi connectivity index (χ4v) is 3.45. The summed E-state index contributed by atoms with van der Waals surface area (Å²) in [6.07, 6.45) is 0. The van der Waals surface area contributed by atoms with Gasteiger partial charge in [0, 0.05) is 23.3 Å². The average molecular weight is 430 g/mol. The summed E-state index contributed by atoms with van der Waals surface area (Å²) in [5, 5.41) is 14.0. The van der Waals surface area contributed by atoms with E-state index in [1.165, 1.54) is 31.4 Å². The first kappa shape index (κ1) is 20.8. The topological polar surface area (TPSA) is 112 Å². The summed E-state index contributed by atoms with van der Waals surface area (Å²) < 4.78 is 11.3. The molecule has 0 saturated carbocycles. The van der Waals surface area contributed by atoms with E-state index < -0.39 is 10.8 Å². The van der Waals surface area contributed by atoms with Crippen LogP contribution < -0.4 is 15.5 Å². The Bertz CT molecular complexity index is 1410. The van der Waals surface area contributed by atoms with Crippen LogP contribution >= 0.6 is 0 Å². The fraction of sp³-hybridized carbons (Fsp3) is 0.0833. The highest BCUT2D eigenvalue weighted by Gasteiger charge is 2.20. The molecule has 0 aliphatic rings. The van der Waals surface area contributed by atoms with E-state index in [-0.39, 0.29) is 39.1 Å². The molecule has 0 spiro atoms. The SMILES string of the molecule is COc1ccc([N+](=O)[O-])cc1NC(=O)c1cccc2c(=O)c(C)c(-c3ccccc3)oc12. The number of nitrogens with one attached hydrogen (secondary N) is 1. The highest BCUT2D eigenvalue weighted by molar-refractivity contribution is 6.12. The van der Waals surface area contributed by atoms with E-state index in [4.69, 9.17) is 9.15 Å². The first-order valence-electron chi connectivity index (χ1n) is 9.66. The molecule has 3 aromatic carbocycles. The molecule has 160 valence electrons. The summed E-state index contributed by atoms with van der Waals surface area (Å²) in [5.74, 6) is 0.0307. The van der Waals surface area contributed by atoms with Crippen LogP contribution in [0.4, 0.5) is 11.4 Å². The summed E-state index contributed by atoms with van der Waals surface area (Å²) >= 11 is 0. The Labute approximate surface area is 182 Å². The number of amides is 1. The van der Waals surface area contributed by atoms with Crippen LogP contribution in [0, 0.1) is 17.0 Å². The van der Waals surface area contributed by atoms with Gasteiger partial charge in [-0.15, -0.1) is 0 Å². The van der Waals surface area contributed by atoms with E-state index in [1.54, 1.807) is 19.1 Å². The molecule has 0 aliphatic carbocycles. The second-order valence-electron chi connectivity index (χ2n) is 7.03. The molecule has 0 bridgehead atoms. The molecule has 1 aromatic heterocycles. The summed E-state index contributed by atoms with van der Waals surface area (Å²) in [7, 11) is 1.39. The minimum atomic E-state index is -0.597. The van der Waals surface area contributed by atoms with E-state index >= 15 is 0 Å². The van der Waals surface area contributed by atoms with E-state index in [9.17, 15) is 19.7 Å². The second-order valence-corrected chi connectivity index (χ2v) is 7.03. The number of non-ortho nitro benzene ring substituents is 1. The fourth-order valence-electron chi connectivity index (χ4n) is 3.45. The molecule has 0 saturated heterocycles. The zero-order valence-corrected chi connectivity index (χ0v) is 17.2. The van der Waals surface area contributed by atoms with Crippen molar-refractivity contribution < 1.29 is 18.9 Å². The lowest BCUT2D eigenvalue weighted by Crippen LogP contribution is -2.15. The Hall–Kier alpha value is -4.46. The van der Waals surface area contributed by atoms with E-state index in [0.29, 0.717) is 16.9 Å². The van der Waals surface area contributed by atoms with Gasteiger partial charge < -0.3 is 14.5 Å². The normalized spacial score (nSPS) is 10.7. The highest BCUT2D eigenvalue weighted by Crippen LogP contribution is 2.31. The molecular formula is C24H18N2O6. The third kappa shape index (κ3) is 3.69. The Morgan fingerprint density at radius 1 is 1.06 bits per heavy atom. The molecular weight excluding hydrogens is 412 g/mol. The van der Waals surface area contributed by atoms with Crippen LogP contribution in [0.1, 0.15) is 15.9 Å². The Morgan fingerprint density at radius 2 is 1.81 bits per heavy atom. The Kier molecular flexibility index (Phi) is 5.43. The zero-order chi connectivity index (χ0) is 22.8. The molecule has 1 heterocycles. The van der Waals surface area contributed by atoms with Gasteiger partial charge in [0.05, 0.1) is 28.7 Å². The van der Waals surface area contributed by atoms with Crippen molar-refractivity contribution in [1.29, 1.82) is 0 Å². The zero-order valence-electron chi connectivity index (χ0n) is 17.2. The summed E-state index contributed by atoms with van der Waals surface area (Å²) in [6, 6.07) is 17.7. The third-order valence-electron chi connectivity index (χ3n) is 5.07. The van der Waals surface area contributed by atoms with Crippen molar-refractivity contribution in [3.8, 4) is 17.1 Å². The van der Waals surface area contributed by atoms with Crippen LogP contribution in [0.15, 0.2) is 75.9 Å². The standard InChI is InChI=1S/C24H18N2O6/c1-14-21(27)17-9-6-10-18(23(17)32-22(14)15-7-4-3-5-8-15)24(28)25-19-13-16(26(29)30)11-12-20(19)31-2/h3-13H,1-2H3,(H,25,28). The number of hydrogen-bond donors (Lipinski definition) is 1. The van der Waals surface area contributed by atoms with Crippen molar-refractivity contribution >= 4 is 28.3 Å². The van der Waals surface area contributed by atoms with Gasteiger partial charge in [0.2, 0.25) is 0 Å². The molecule has 32 heavy (non-hydrogen) atoms. The molecule has 0 atom stereocenters. The van der Waals surface area contributed by atoms with Crippen molar-refractivity contribution in [3.05, 3.63) is 98.2 Å². The van der Waals surface area contributed by atoms with Crippen LogP contribution in [-0.2, 0) is 0 Å². The van der Waals surface area contributed by atoms with Gasteiger partial charge in [-0.3, -0.25) is 19.7 Å². The molecule has 8 nitrogen and oxygen atoms in total. The van der Waals surface area contributed by atoms with Crippen LogP contribution in [0.3, 0.4) is 0 Å². The lowest BCUT2D eigenvalue weighted by molar-refractivity contribution is -0.384. The number of rotatable bonds is 5. The van der Waals surface area contributed by atoms with E-state index in [1.807, 2.05) is 30.3 Å². The van der Waals surface area contributed by atoms with Crippen LogP contribution in [0.5, 0.6) is 5.75 Å². The number of para-hydroxylation sites is 1. The molecule has 1 N–H and O–H groups in total. The van der Waals surface area contributed by atoms with Crippen molar-refractivity contribution in [1.82, 2.24) is 0 Å². The van der Waals surface area contributed by atoms with Crippen molar-refractivity contribution in [2.45, 2.75) is 6.92 Å². The number of hydrogen-bond acceptors (Lipinski definition) is 6. The predicted octanol–water partition coefficient (Wildman–Crippen LogP) is 4.94. The molecule has 4 rings (SSSR count). The van der Waals surface area contributed by atoms with Crippen molar-refractivity contribution in [3.63, 3.8) is 0 Å². The number of nitro benzene ring substituents is 1. The first-order chi connectivity index (χ1) is 15.4. The monoisotopic (exact) mass is 430 g/mol. The number of carbonyl (C=O) groups is 1. The number of benzene rings is 3. The van der Waals surface area contributed by atoms with Gasteiger partial charge in [0.1, 0.15) is 11.5 Å². The lowest BCUT2D eigenvalue weighted by atomic mass is 10.0. The van der Waals surface area contributed by atoms with Gasteiger partial charge in [-0.1, -0.05) is 36.4 Å². The van der Waals surface area contributed by atoms with Crippen LogP contribution in [0.25, 0.3) is 22.3 Å². The van der Waals surface area contributed by atoms with Crippen LogP contribution in [-0.4, -0.2) is 17.9 Å². The predicted molar refractivity (Wildman–Crippen MR) is 120 cm³/mol. The van der Waals surface area contributed by atoms with Gasteiger partial charge >= 0.3 is 0 Å². The van der Waals surface area contributed by atoms with Gasteiger partial charge in [0.25, 0.3) is 11.6 Å². The summed E-state index contributed by atoms with van der Waals surface area (Å²) in [6.45, 7) is 1.67. The maximum absolute atomic E-state index is 13.1. The largest absolute Gasteiger partial charge is 0.495 e. The van der Waals surface area contributed by atoms with Crippen molar-refractivity contribution in [2.24, 2.45) is 0 Å². The third-order valence-corrected chi connectivity index (χ3v) is 5.07. The number of anilines is 1. The molecule has 4 aromatic rings. The molecule has 0 fully saturated rings. The molecule has 0 unspecified atom stereocenters. The maximum Gasteiger partial charge on any atom is 0.271 e. The Morgan fingerprint density at radius 3 is 2.50 bits per heavy atom. The van der Waals surface area contributed by atoms with Gasteiger partial charge in [0.15, 0.2) is 11.0 Å². The minimum Gasteiger partial charge on any atom is -0.495 e. The minimum absolute atomic E-state index is 0.116.